The minimum atomic E-state index is 0.372. The molecule has 0 spiro atoms. The molecule has 2 aliphatic rings. The van der Waals surface area contributed by atoms with E-state index in [1.54, 1.807) is 0 Å². The second kappa shape index (κ2) is 5.62. The fourth-order valence-corrected chi connectivity index (χ4v) is 4.16. The first-order valence-electron chi connectivity index (χ1n) is 8.74. The molecule has 2 aromatic heterocycles. The fourth-order valence-electron chi connectivity index (χ4n) is 4.16. The van der Waals surface area contributed by atoms with Crippen LogP contribution in [0.25, 0.3) is 0 Å². The summed E-state index contributed by atoms with van der Waals surface area (Å²) < 4.78 is 2.18. The standard InChI is InChI=1S/C18H25N5/c1-12(2)18-19-7-6-17(21-18)23-14-4-5-15(23)9-16(8-14)22-11-13(3)10-20-22/h6-7,10-12,14-16H,4-5,8-9H2,1-3H3. The summed E-state index contributed by atoms with van der Waals surface area (Å²) in [6, 6.07) is 3.77. The minimum absolute atomic E-state index is 0.372. The van der Waals surface area contributed by atoms with Crippen LogP contribution in [0.15, 0.2) is 24.7 Å². The van der Waals surface area contributed by atoms with Gasteiger partial charge in [-0.2, -0.15) is 5.10 Å². The van der Waals surface area contributed by atoms with E-state index in [0.717, 1.165) is 11.6 Å². The Morgan fingerprint density at radius 1 is 1.13 bits per heavy atom. The molecule has 2 unspecified atom stereocenters. The molecule has 5 heteroatoms. The highest BCUT2D eigenvalue weighted by Crippen LogP contribution is 2.42. The molecular formula is C18H25N5. The number of aryl methyl sites for hydroxylation is 1. The summed E-state index contributed by atoms with van der Waals surface area (Å²) in [7, 11) is 0. The zero-order chi connectivity index (χ0) is 16.0. The van der Waals surface area contributed by atoms with Gasteiger partial charge in [0.1, 0.15) is 11.6 Å². The smallest absolute Gasteiger partial charge is 0.133 e. The summed E-state index contributed by atoms with van der Waals surface area (Å²) in [5, 5.41) is 4.54. The Hall–Kier alpha value is -1.91. The first-order chi connectivity index (χ1) is 11.1. The molecule has 122 valence electrons. The molecule has 2 aliphatic heterocycles. The van der Waals surface area contributed by atoms with Crippen molar-refractivity contribution < 1.29 is 0 Å². The molecular weight excluding hydrogens is 286 g/mol. The zero-order valence-electron chi connectivity index (χ0n) is 14.2. The number of piperidine rings is 1. The van der Waals surface area contributed by atoms with Crippen molar-refractivity contribution in [2.45, 2.75) is 70.5 Å². The Morgan fingerprint density at radius 3 is 2.48 bits per heavy atom. The van der Waals surface area contributed by atoms with Crippen LogP contribution in [0.4, 0.5) is 5.82 Å². The molecule has 0 amide bonds. The number of aromatic nitrogens is 4. The predicted molar refractivity (Wildman–Crippen MR) is 90.6 cm³/mol. The molecule has 0 aliphatic carbocycles. The number of rotatable bonds is 3. The van der Waals surface area contributed by atoms with E-state index in [9.17, 15) is 0 Å². The highest BCUT2D eigenvalue weighted by Gasteiger charge is 2.42. The molecule has 5 nitrogen and oxygen atoms in total. The van der Waals surface area contributed by atoms with Crippen LogP contribution in [0, 0.1) is 6.92 Å². The molecule has 0 saturated carbocycles. The third kappa shape index (κ3) is 2.62. The Morgan fingerprint density at radius 2 is 1.87 bits per heavy atom. The van der Waals surface area contributed by atoms with E-state index in [-0.39, 0.29) is 0 Å². The van der Waals surface area contributed by atoms with Crippen molar-refractivity contribution in [1.29, 1.82) is 0 Å². The molecule has 0 N–H and O–H groups in total. The SMILES string of the molecule is Cc1cnn(C2CC3CCC(C2)N3c2ccnc(C(C)C)n2)c1. The van der Waals surface area contributed by atoms with E-state index in [0.29, 0.717) is 24.0 Å². The predicted octanol–water partition coefficient (Wildman–Crippen LogP) is 3.48. The van der Waals surface area contributed by atoms with Crippen molar-refractivity contribution >= 4 is 5.82 Å². The molecule has 23 heavy (non-hydrogen) atoms. The van der Waals surface area contributed by atoms with Crippen LogP contribution >= 0.6 is 0 Å². The lowest BCUT2D eigenvalue weighted by Gasteiger charge is -2.40. The van der Waals surface area contributed by atoms with Crippen molar-refractivity contribution in [2.24, 2.45) is 0 Å². The lowest BCUT2D eigenvalue weighted by molar-refractivity contribution is 0.313. The second-order valence-electron chi connectivity index (χ2n) is 7.34. The maximum Gasteiger partial charge on any atom is 0.133 e. The Balaban J connectivity index is 1.58. The highest BCUT2D eigenvalue weighted by atomic mass is 15.3. The number of nitrogens with zero attached hydrogens (tertiary/aromatic N) is 5. The van der Waals surface area contributed by atoms with Gasteiger partial charge in [-0.15, -0.1) is 0 Å². The van der Waals surface area contributed by atoms with Gasteiger partial charge in [0.2, 0.25) is 0 Å². The Labute approximate surface area is 137 Å². The third-order valence-corrected chi connectivity index (χ3v) is 5.25. The lowest BCUT2D eigenvalue weighted by Crippen LogP contribution is -2.44. The Bertz CT molecular complexity index is 678. The maximum atomic E-state index is 4.83. The van der Waals surface area contributed by atoms with Gasteiger partial charge in [0.15, 0.2) is 0 Å². The molecule has 0 radical (unpaired) electrons. The van der Waals surface area contributed by atoms with Gasteiger partial charge in [0, 0.05) is 30.4 Å². The van der Waals surface area contributed by atoms with Crippen molar-refractivity contribution in [3.63, 3.8) is 0 Å². The number of fused-ring (bicyclic) bond motifs is 2. The van der Waals surface area contributed by atoms with Gasteiger partial charge in [-0.3, -0.25) is 4.68 Å². The third-order valence-electron chi connectivity index (χ3n) is 5.25. The molecule has 2 fully saturated rings. The number of hydrogen-bond donors (Lipinski definition) is 0. The summed E-state index contributed by atoms with van der Waals surface area (Å²) in [5.41, 5.74) is 1.25. The van der Waals surface area contributed by atoms with Crippen LogP contribution in [0.3, 0.4) is 0 Å². The lowest BCUT2D eigenvalue weighted by atomic mass is 9.97. The van der Waals surface area contributed by atoms with Gasteiger partial charge in [0.05, 0.1) is 12.2 Å². The number of hydrogen-bond acceptors (Lipinski definition) is 4. The highest BCUT2D eigenvalue weighted by molar-refractivity contribution is 5.43. The summed E-state index contributed by atoms with van der Waals surface area (Å²) in [4.78, 5) is 11.8. The molecule has 2 atom stereocenters. The van der Waals surface area contributed by atoms with Crippen LogP contribution in [0.2, 0.25) is 0 Å². The quantitative estimate of drug-likeness (QED) is 0.870. The first kappa shape index (κ1) is 14.7. The van der Waals surface area contributed by atoms with Gasteiger partial charge >= 0.3 is 0 Å². The van der Waals surface area contributed by atoms with Crippen LogP contribution in [0.1, 0.15) is 62.9 Å². The molecule has 4 heterocycles. The normalized spacial score (nSPS) is 27.0. The largest absolute Gasteiger partial charge is 0.350 e. The van der Waals surface area contributed by atoms with E-state index in [4.69, 9.17) is 4.98 Å². The van der Waals surface area contributed by atoms with E-state index in [1.165, 1.54) is 31.2 Å². The van der Waals surface area contributed by atoms with Crippen LogP contribution < -0.4 is 4.90 Å². The molecule has 2 saturated heterocycles. The van der Waals surface area contributed by atoms with Gasteiger partial charge in [-0.05, 0) is 44.2 Å². The van der Waals surface area contributed by atoms with Crippen LogP contribution in [-0.2, 0) is 0 Å². The molecule has 2 aromatic rings. The zero-order valence-corrected chi connectivity index (χ0v) is 14.2. The molecule has 0 aromatic carbocycles. The fraction of sp³-hybridized carbons (Fsp3) is 0.611. The minimum Gasteiger partial charge on any atom is -0.350 e. The van der Waals surface area contributed by atoms with Crippen molar-refractivity contribution in [2.75, 3.05) is 4.90 Å². The summed E-state index contributed by atoms with van der Waals surface area (Å²) in [5.74, 6) is 2.44. The van der Waals surface area contributed by atoms with Crippen molar-refractivity contribution in [3.05, 3.63) is 36.0 Å². The monoisotopic (exact) mass is 311 g/mol. The maximum absolute atomic E-state index is 4.83. The summed E-state index contributed by atoms with van der Waals surface area (Å²) in [6.07, 6.45) is 10.9. The topological polar surface area (TPSA) is 46.8 Å². The molecule has 4 rings (SSSR count). The van der Waals surface area contributed by atoms with Gasteiger partial charge in [0.25, 0.3) is 0 Å². The van der Waals surface area contributed by atoms with Crippen LogP contribution in [-0.4, -0.2) is 31.8 Å². The van der Waals surface area contributed by atoms with Crippen molar-refractivity contribution in [1.82, 2.24) is 19.7 Å². The average Bonchev–Trinajstić information content (AvgIpc) is 3.09. The van der Waals surface area contributed by atoms with Gasteiger partial charge in [-0.1, -0.05) is 13.8 Å². The second-order valence-corrected chi connectivity index (χ2v) is 7.34. The molecule has 2 bridgehead atoms. The Kier molecular flexibility index (Phi) is 3.58. The summed E-state index contributed by atoms with van der Waals surface area (Å²) in [6.45, 7) is 6.42. The van der Waals surface area contributed by atoms with E-state index in [1.807, 2.05) is 12.4 Å². The summed E-state index contributed by atoms with van der Waals surface area (Å²) >= 11 is 0. The van der Waals surface area contributed by atoms with Gasteiger partial charge < -0.3 is 4.90 Å². The van der Waals surface area contributed by atoms with E-state index in [2.05, 4.69) is 52.7 Å². The van der Waals surface area contributed by atoms with E-state index >= 15 is 0 Å². The van der Waals surface area contributed by atoms with Crippen molar-refractivity contribution in [3.8, 4) is 0 Å². The number of anilines is 1. The van der Waals surface area contributed by atoms with E-state index < -0.39 is 0 Å². The first-order valence-corrected chi connectivity index (χ1v) is 8.74. The van der Waals surface area contributed by atoms with Crippen LogP contribution in [0.5, 0.6) is 0 Å². The average molecular weight is 311 g/mol. The van der Waals surface area contributed by atoms with Gasteiger partial charge in [-0.25, -0.2) is 9.97 Å².